The highest BCUT2D eigenvalue weighted by molar-refractivity contribution is 7.16. The highest BCUT2D eigenvalue weighted by Gasteiger charge is 2.16. The van der Waals surface area contributed by atoms with Crippen molar-refractivity contribution in [2.24, 2.45) is 5.73 Å². The molecule has 0 fully saturated rings. The number of rotatable bonds is 7. The van der Waals surface area contributed by atoms with Crippen LogP contribution in [0.2, 0.25) is 4.34 Å². The summed E-state index contributed by atoms with van der Waals surface area (Å²) in [7, 11) is 0. The van der Waals surface area contributed by atoms with Crippen molar-refractivity contribution in [3.63, 3.8) is 0 Å². The van der Waals surface area contributed by atoms with Crippen molar-refractivity contribution in [3.05, 3.63) is 69.4 Å². The van der Waals surface area contributed by atoms with E-state index < -0.39 is 6.03 Å². The first-order valence-corrected chi connectivity index (χ1v) is 8.45. The van der Waals surface area contributed by atoms with Gasteiger partial charge in [-0.15, -0.1) is 17.9 Å². The van der Waals surface area contributed by atoms with Gasteiger partial charge >= 0.3 is 6.03 Å². The van der Waals surface area contributed by atoms with Crippen LogP contribution in [0, 0.1) is 0 Å². The van der Waals surface area contributed by atoms with Crippen molar-refractivity contribution >= 4 is 34.9 Å². The lowest BCUT2D eigenvalue weighted by Gasteiger charge is -2.20. The second-order valence-electron chi connectivity index (χ2n) is 5.09. The van der Waals surface area contributed by atoms with Gasteiger partial charge in [0.05, 0.1) is 10.9 Å². The van der Waals surface area contributed by atoms with Crippen LogP contribution >= 0.6 is 22.9 Å². The Morgan fingerprint density at radius 1 is 1.25 bits per heavy atom. The van der Waals surface area contributed by atoms with Gasteiger partial charge in [0.25, 0.3) is 5.91 Å². The third-order valence-corrected chi connectivity index (χ3v) is 4.50. The third kappa shape index (κ3) is 5.11. The van der Waals surface area contributed by atoms with Crippen molar-refractivity contribution < 1.29 is 9.59 Å². The molecule has 1 heterocycles. The molecule has 0 bridgehead atoms. The van der Waals surface area contributed by atoms with Gasteiger partial charge in [-0.25, -0.2) is 4.79 Å². The Morgan fingerprint density at radius 3 is 2.50 bits per heavy atom. The number of carbonyl (C=O) groups is 2. The topological polar surface area (TPSA) is 75.4 Å². The minimum Gasteiger partial charge on any atom is -0.352 e. The number of hydrogen-bond acceptors (Lipinski definition) is 3. The number of hydrogen-bond donors (Lipinski definition) is 2. The summed E-state index contributed by atoms with van der Waals surface area (Å²) in [5.74, 6) is -0.0890. The van der Waals surface area contributed by atoms with Crippen molar-refractivity contribution in [2.75, 3.05) is 6.54 Å². The van der Waals surface area contributed by atoms with Crippen LogP contribution in [0.3, 0.4) is 0 Å². The van der Waals surface area contributed by atoms with E-state index in [0.717, 1.165) is 10.4 Å². The summed E-state index contributed by atoms with van der Waals surface area (Å²) in [6.07, 6.45) is 1.69. The molecule has 0 spiro atoms. The van der Waals surface area contributed by atoms with Crippen LogP contribution in [-0.2, 0) is 13.1 Å². The van der Waals surface area contributed by atoms with E-state index in [2.05, 4.69) is 11.9 Å². The molecule has 24 heavy (non-hydrogen) atoms. The van der Waals surface area contributed by atoms with Gasteiger partial charge in [0, 0.05) is 23.5 Å². The second kappa shape index (κ2) is 8.52. The molecule has 1 aromatic heterocycles. The van der Waals surface area contributed by atoms with E-state index in [0.29, 0.717) is 29.5 Å². The van der Waals surface area contributed by atoms with E-state index in [4.69, 9.17) is 17.3 Å². The first-order valence-electron chi connectivity index (χ1n) is 7.26. The van der Waals surface area contributed by atoms with E-state index in [1.807, 2.05) is 12.1 Å². The molecule has 0 unspecified atom stereocenters. The summed E-state index contributed by atoms with van der Waals surface area (Å²) >= 11 is 7.39. The average molecular weight is 364 g/mol. The normalized spacial score (nSPS) is 10.2. The van der Waals surface area contributed by atoms with Crippen LogP contribution in [0.5, 0.6) is 0 Å². The molecular formula is C17H18ClN3O2S. The molecule has 3 N–H and O–H groups in total. The zero-order valence-corrected chi connectivity index (χ0v) is 14.6. The van der Waals surface area contributed by atoms with Crippen LogP contribution in [0.25, 0.3) is 0 Å². The maximum absolute atomic E-state index is 12.7. The quantitative estimate of drug-likeness (QED) is 0.740. The van der Waals surface area contributed by atoms with Gasteiger partial charge < -0.3 is 16.0 Å². The van der Waals surface area contributed by atoms with Crippen LogP contribution in [0.1, 0.15) is 20.8 Å². The van der Waals surface area contributed by atoms with Gasteiger partial charge in [-0.2, -0.15) is 0 Å². The first-order chi connectivity index (χ1) is 11.5. The molecule has 2 rings (SSSR count). The predicted octanol–water partition coefficient (Wildman–Crippen LogP) is 3.40. The molecular weight excluding hydrogens is 346 g/mol. The highest BCUT2D eigenvalue weighted by atomic mass is 35.5. The summed E-state index contributed by atoms with van der Waals surface area (Å²) in [5.41, 5.74) is 6.48. The number of nitrogens with zero attached hydrogens (tertiary/aromatic N) is 1. The molecule has 0 atom stereocenters. The first kappa shape index (κ1) is 18.0. The number of benzene rings is 1. The standard InChI is InChI=1S/C17H18ClN3O2S/c1-2-9-21(11-14-7-8-15(18)24-14)16(22)13-5-3-12(4-6-13)10-20-17(19)23/h2-8H,1,9-11H2,(H3,19,20,23). The monoisotopic (exact) mass is 363 g/mol. The number of nitrogens with two attached hydrogens (primary N) is 1. The highest BCUT2D eigenvalue weighted by Crippen LogP contribution is 2.23. The molecule has 0 radical (unpaired) electrons. The van der Waals surface area contributed by atoms with Crippen LogP contribution in [0.4, 0.5) is 4.79 Å². The van der Waals surface area contributed by atoms with Crippen molar-refractivity contribution in [2.45, 2.75) is 13.1 Å². The summed E-state index contributed by atoms with van der Waals surface area (Å²) in [4.78, 5) is 26.1. The van der Waals surface area contributed by atoms with Gasteiger partial charge in [0.15, 0.2) is 0 Å². The number of nitrogens with one attached hydrogen (secondary N) is 1. The lowest BCUT2D eigenvalue weighted by Crippen LogP contribution is -2.30. The Hall–Kier alpha value is -2.31. The molecule has 0 aliphatic heterocycles. The number of urea groups is 1. The molecule has 0 aliphatic rings. The van der Waals surface area contributed by atoms with Gasteiger partial charge in [0.1, 0.15) is 0 Å². The molecule has 2 aromatic rings. The molecule has 0 saturated carbocycles. The van der Waals surface area contributed by atoms with Crippen LogP contribution in [-0.4, -0.2) is 23.4 Å². The minimum atomic E-state index is -0.582. The molecule has 1 aromatic carbocycles. The minimum absolute atomic E-state index is 0.0890. The Kier molecular flexibility index (Phi) is 6.40. The van der Waals surface area contributed by atoms with Crippen molar-refractivity contribution in [3.8, 4) is 0 Å². The number of halogens is 1. The Balaban J connectivity index is 2.08. The van der Waals surface area contributed by atoms with Crippen LogP contribution in [0.15, 0.2) is 49.1 Å². The number of primary amides is 1. The van der Waals surface area contributed by atoms with Crippen LogP contribution < -0.4 is 11.1 Å². The summed E-state index contributed by atoms with van der Waals surface area (Å²) in [6, 6.07) is 10.2. The van der Waals surface area contributed by atoms with Gasteiger partial charge in [-0.3, -0.25) is 4.79 Å². The summed E-state index contributed by atoms with van der Waals surface area (Å²) in [6.45, 7) is 4.96. The Morgan fingerprint density at radius 2 is 1.96 bits per heavy atom. The fraction of sp³-hybridized carbons (Fsp3) is 0.176. The molecule has 126 valence electrons. The zero-order chi connectivity index (χ0) is 17.5. The number of carbonyl (C=O) groups excluding carboxylic acids is 2. The second-order valence-corrected chi connectivity index (χ2v) is 6.89. The molecule has 0 saturated heterocycles. The maximum Gasteiger partial charge on any atom is 0.312 e. The van der Waals surface area contributed by atoms with E-state index in [9.17, 15) is 9.59 Å². The lowest BCUT2D eigenvalue weighted by atomic mass is 10.1. The Labute approximate surface area is 149 Å². The van der Waals surface area contributed by atoms with E-state index >= 15 is 0 Å². The van der Waals surface area contributed by atoms with Gasteiger partial charge in [0.2, 0.25) is 0 Å². The number of amides is 3. The number of thiophene rings is 1. The molecule has 5 nitrogen and oxygen atoms in total. The van der Waals surface area contributed by atoms with Crippen molar-refractivity contribution in [1.29, 1.82) is 0 Å². The fourth-order valence-electron chi connectivity index (χ4n) is 2.14. The zero-order valence-electron chi connectivity index (χ0n) is 13.0. The van der Waals surface area contributed by atoms with Crippen molar-refractivity contribution in [1.82, 2.24) is 10.2 Å². The van der Waals surface area contributed by atoms with E-state index in [1.165, 1.54) is 11.3 Å². The summed E-state index contributed by atoms with van der Waals surface area (Å²) < 4.78 is 0.697. The molecule has 3 amide bonds. The molecule has 7 heteroatoms. The Bertz CT molecular complexity index is 728. The third-order valence-electron chi connectivity index (χ3n) is 3.28. The largest absolute Gasteiger partial charge is 0.352 e. The smallest absolute Gasteiger partial charge is 0.312 e. The summed E-state index contributed by atoms with van der Waals surface area (Å²) in [5, 5.41) is 2.51. The maximum atomic E-state index is 12.7. The van der Waals surface area contributed by atoms with E-state index in [-0.39, 0.29) is 5.91 Å². The van der Waals surface area contributed by atoms with Gasteiger partial charge in [-0.05, 0) is 29.8 Å². The average Bonchev–Trinajstić information content (AvgIpc) is 2.97. The fourth-order valence-corrected chi connectivity index (χ4v) is 3.24. The SMILES string of the molecule is C=CCN(Cc1ccc(Cl)s1)C(=O)c1ccc(CNC(N)=O)cc1. The predicted molar refractivity (Wildman–Crippen MR) is 97.1 cm³/mol. The molecule has 0 aliphatic carbocycles. The van der Waals surface area contributed by atoms with E-state index in [1.54, 1.807) is 35.2 Å². The lowest BCUT2D eigenvalue weighted by molar-refractivity contribution is 0.0764. The van der Waals surface area contributed by atoms with Gasteiger partial charge in [-0.1, -0.05) is 29.8 Å².